The summed E-state index contributed by atoms with van der Waals surface area (Å²) in [6, 6.07) is 31.7. The van der Waals surface area contributed by atoms with E-state index in [0.717, 1.165) is 88.8 Å². The Morgan fingerprint density at radius 1 is 0.654 bits per heavy atom. The minimum absolute atomic E-state index is 0.218. The number of aromatic nitrogens is 6. The molecule has 78 heavy (non-hydrogen) atoms. The summed E-state index contributed by atoms with van der Waals surface area (Å²) in [4.78, 5) is 56.6. The van der Waals surface area contributed by atoms with Crippen LogP contribution in [-0.4, -0.2) is 127 Å². The number of nitrogens with zero attached hydrogens (tertiary/aromatic N) is 8. The van der Waals surface area contributed by atoms with Crippen LogP contribution in [0.3, 0.4) is 0 Å². The monoisotopic (exact) mass is 1110 g/mol. The summed E-state index contributed by atoms with van der Waals surface area (Å²) in [5, 5.41) is 7.00. The van der Waals surface area contributed by atoms with Gasteiger partial charge in [-0.25, -0.2) is 34.5 Å². The molecule has 0 saturated carbocycles. The maximum absolute atomic E-state index is 12.0. The summed E-state index contributed by atoms with van der Waals surface area (Å²) in [5.41, 5.74) is 10.9. The van der Waals surface area contributed by atoms with Crippen molar-refractivity contribution in [1.82, 2.24) is 29.9 Å². The van der Waals surface area contributed by atoms with Crippen LogP contribution in [0.25, 0.3) is 32.1 Å². The van der Waals surface area contributed by atoms with Crippen molar-refractivity contribution in [3.63, 3.8) is 0 Å². The highest BCUT2D eigenvalue weighted by Gasteiger charge is 2.51. The average Bonchev–Trinajstić information content (AvgIpc) is 4.37. The molecule has 4 aromatic carbocycles. The van der Waals surface area contributed by atoms with E-state index in [1.807, 2.05) is 64.1 Å². The van der Waals surface area contributed by atoms with Crippen LogP contribution in [0, 0.1) is 0 Å². The first-order valence-electron chi connectivity index (χ1n) is 25.5. The van der Waals surface area contributed by atoms with E-state index in [9.17, 15) is 9.59 Å². The minimum atomic E-state index is -0.463. The van der Waals surface area contributed by atoms with E-state index in [4.69, 9.17) is 44.8 Å². The third-order valence-electron chi connectivity index (χ3n) is 14.1. The van der Waals surface area contributed by atoms with Crippen molar-refractivity contribution in [3.8, 4) is 11.4 Å². The molecule has 2 unspecified atom stereocenters. The molecule has 406 valence electrons. The van der Waals surface area contributed by atoms with Crippen molar-refractivity contribution >= 4 is 114 Å². The number of halogens is 1. The number of esters is 2. The van der Waals surface area contributed by atoms with E-state index < -0.39 is 13.1 Å². The van der Waals surface area contributed by atoms with Crippen molar-refractivity contribution in [2.45, 2.75) is 76.7 Å². The van der Waals surface area contributed by atoms with Crippen molar-refractivity contribution in [1.29, 1.82) is 0 Å². The van der Waals surface area contributed by atoms with E-state index in [-0.39, 0.29) is 22.5 Å². The van der Waals surface area contributed by atoms with Gasteiger partial charge in [-0.15, -0.1) is 22.7 Å². The zero-order valence-electron chi connectivity index (χ0n) is 44.8. The van der Waals surface area contributed by atoms with E-state index >= 15 is 0 Å². The van der Waals surface area contributed by atoms with Gasteiger partial charge in [0, 0.05) is 55.6 Å². The van der Waals surface area contributed by atoms with Gasteiger partial charge >= 0.3 is 19.1 Å². The quantitative estimate of drug-likeness (QED) is 0.0592. The number of nitrogens with one attached hydrogen (secondary N) is 2. The normalized spacial score (nSPS) is 17.3. The molecular weight excluding hydrogens is 1050 g/mol. The molecule has 2 N–H and O–H groups in total. The summed E-state index contributed by atoms with van der Waals surface area (Å²) < 4.78 is 32.2. The van der Waals surface area contributed by atoms with Gasteiger partial charge < -0.3 is 48.7 Å². The lowest BCUT2D eigenvalue weighted by Crippen LogP contribution is -2.41. The number of hydrogen-bond acceptors (Lipinski definition) is 20. The van der Waals surface area contributed by atoms with Crippen LogP contribution >= 0.6 is 34.3 Å². The Morgan fingerprint density at radius 3 is 1.69 bits per heavy atom. The Morgan fingerprint density at radius 2 is 1.15 bits per heavy atom. The first kappa shape index (κ1) is 55.9. The molecule has 22 heteroatoms. The molecule has 0 aliphatic carbocycles. The highest BCUT2D eigenvalue weighted by atomic mass is 35.5. The molecule has 2 atom stereocenters. The van der Waals surface area contributed by atoms with Gasteiger partial charge in [0.25, 0.3) is 0 Å². The number of fused-ring (bicyclic) bond motifs is 2. The summed E-state index contributed by atoms with van der Waals surface area (Å²) in [5.74, 6) is 1.00. The number of methoxy groups -OCH3 is 4. The van der Waals surface area contributed by atoms with Gasteiger partial charge in [0.2, 0.25) is 5.28 Å². The van der Waals surface area contributed by atoms with Crippen LogP contribution < -0.4 is 25.9 Å². The van der Waals surface area contributed by atoms with Gasteiger partial charge in [0.05, 0.1) is 72.9 Å². The average molecular weight is 1110 g/mol. The number of hydrogen-bond donors (Lipinski definition) is 2. The highest BCUT2D eigenvalue weighted by molar-refractivity contribution is 7.16. The zero-order chi connectivity index (χ0) is 55.0. The van der Waals surface area contributed by atoms with Crippen molar-refractivity contribution in [2.24, 2.45) is 0 Å². The second-order valence-corrected chi connectivity index (χ2v) is 21.8. The molecule has 3 aliphatic rings. The molecular formula is C56H62BClN10O8S2. The Labute approximate surface area is 467 Å². The molecule has 0 spiro atoms. The van der Waals surface area contributed by atoms with Crippen LogP contribution in [0.4, 0.5) is 34.4 Å². The highest BCUT2D eigenvalue weighted by Crippen LogP contribution is 2.37. The maximum Gasteiger partial charge on any atom is 0.494 e. The van der Waals surface area contributed by atoms with Crippen LogP contribution in [0.15, 0.2) is 108 Å². The number of carbonyl (C=O) groups is 2. The Hall–Kier alpha value is -6.85. The summed E-state index contributed by atoms with van der Waals surface area (Å²) >= 11 is 8.93. The van der Waals surface area contributed by atoms with E-state index in [1.165, 1.54) is 49.0 Å². The molecule has 0 amide bonds. The van der Waals surface area contributed by atoms with Gasteiger partial charge in [0.1, 0.15) is 15.9 Å². The number of carbonyl (C=O) groups excluding carboxylic acids is 2. The van der Waals surface area contributed by atoms with Crippen molar-refractivity contribution in [3.05, 3.63) is 124 Å². The molecule has 3 fully saturated rings. The fourth-order valence-electron chi connectivity index (χ4n) is 9.49. The van der Waals surface area contributed by atoms with Crippen LogP contribution in [0.5, 0.6) is 0 Å². The standard InChI is InChI=1S/C25H25N5O3S.C17H18ClN5OS.C14H19BO4/c1-32-14-20-10-5-11-30(20)19-9-4-8-18(13-19)27-23-21-24(34-15-26-21)29-22(28-23)16-6-3-7-17(12-16)25(31)33-2;1-24-9-13-6-3-7-23(13)12-5-2-4-11(8-12)20-15-14-16(25-10-19-14)22-17(18)21-15;1-13(2)14(3,4)19-15(18-13)11-8-6-7-10(9-11)12(16)17-5/h3-4,6-9,12-13,15,20H,5,10-11,14H2,1-2H3,(H,27,28,29);2,4-5,8,10,13H,3,6-7,9H2,1H3,(H,20,21,22);6-9H,1-5H3. The predicted octanol–water partition coefficient (Wildman–Crippen LogP) is 10.8. The fraction of sp³-hybridized carbons (Fsp3) is 0.357. The van der Waals surface area contributed by atoms with E-state index in [1.54, 1.807) is 61.6 Å². The molecule has 7 heterocycles. The van der Waals surface area contributed by atoms with E-state index in [2.05, 4.69) is 69.6 Å². The largest absolute Gasteiger partial charge is 0.494 e. The van der Waals surface area contributed by atoms with Crippen molar-refractivity contribution in [2.75, 3.05) is 75.2 Å². The fourth-order valence-corrected chi connectivity index (χ4v) is 11.0. The first-order valence-corrected chi connectivity index (χ1v) is 27.7. The molecule has 3 saturated heterocycles. The van der Waals surface area contributed by atoms with Crippen LogP contribution in [0.2, 0.25) is 5.28 Å². The molecule has 0 bridgehead atoms. The number of ether oxygens (including phenoxy) is 4. The SMILES string of the molecule is COC(=O)c1cccc(B2OC(C)(C)C(C)(C)O2)c1.COCC1CCCN1c1cccc(Nc2nc(-c3cccc(C(=O)OC)c3)nc3scnc23)c1.COCC1CCCN1c1cccc(Nc2nc(Cl)nc3scnc23)c1. The second-order valence-electron chi connectivity index (χ2n) is 19.8. The first-order chi connectivity index (χ1) is 37.7. The van der Waals surface area contributed by atoms with Crippen molar-refractivity contribution < 1.29 is 37.8 Å². The lowest BCUT2D eigenvalue weighted by Gasteiger charge is -2.32. The molecule has 18 nitrogen and oxygen atoms in total. The lowest BCUT2D eigenvalue weighted by atomic mass is 9.78. The summed E-state index contributed by atoms with van der Waals surface area (Å²) in [6.07, 6.45) is 4.63. The molecule has 8 aromatic rings. The van der Waals surface area contributed by atoms with Gasteiger partial charge in [-0.2, -0.15) is 4.98 Å². The number of anilines is 6. The molecule has 4 aromatic heterocycles. The van der Waals surface area contributed by atoms with E-state index in [0.29, 0.717) is 46.2 Å². The van der Waals surface area contributed by atoms with Gasteiger partial charge in [0.15, 0.2) is 22.3 Å². The molecule has 0 radical (unpaired) electrons. The predicted molar refractivity (Wildman–Crippen MR) is 310 cm³/mol. The Bertz CT molecular complexity index is 3370. The topological polar surface area (TPSA) is 197 Å². The maximum atomic E-state index is 12.0. The minimum Gasteiger partial charge on any atom is -0.465 e. The number of benzene rings is 4. The molecule has 11 rings (SSSR count). The van der Waals surface area contributed by atoms with Gasteiger partial charge in [-0.05, 0) is 131 Å². The van der Waals surface area contributed by atoms with Crippen LogP contribution in [0.1, 0.15) is 74.1 Å². The lowest BCUT2D eigenvalue weighted by molar-refractivity contribution is 0.00578. The Balaban J connectivity index is 0.000000149. The summed E-state index contributed by atoms with van der Waals surface area (Å²) in [6.45, 7) is 11.5. The smallest absolute Gasteiger partial charge is 0.465 e. The number of thiazole rings is 2. The third-order valence-corrected chi connectivity index (χ3v) is 15.7. The molecule has 3 aliphatic heterocycles. The second kappa shape index (κ2) is 24.9. The summed E-state index contributed by atoms with van der Waals surface area (Å²) in [7, 11) is 5.77. The Kier molecular flexibility index (Phi) is 17.8. The zero-order valence-corrected chi connectivity index (χ0v) is 47.2. The van der Waals surface area contributed by atoms with Gasteiger partial charge in [-0.1, -0.05) is 36.4 Å². The third kappa shape index (κ3) is 12.8. The van der Waals surface area contributed by atoms with Crippen LogP contribution in [-0.2, 0) is 28.3 Å². The number of rotatable bonds is 14. The van der Waals surface area contributed by atoms with Gasteiger partial charge in [-0.3, -0.25) is 0 Å².